The molecule has 0 heterocycles. The number of carbonyl (C=O) groups is 2. The topological polar surface area (TPSA) is 104 Å². The summed E-state index contributed by atoms with van der Waals surface area (Å²) in [5, 5.41) is 26.2. The molecule has 0 aliphatic carbocycles. The van der Waals surface area contributed by atoms with Gasteiger partial charge in [-0.1, -0.05) is 26.2 Å². The van der Waals surface area contributed by atoms with Crippen LogP contribution in [0.25, 0.3) is 0 Å². The molecule has 0 aliphatic rings. The van der Waals surface area contributed by atoms with Crippen LogP contribution >= 0.6 is 0 Å². The monoisotopic (exact) mass is 234 g/mol. The number of esters is 1. The summed E-state index contributed by atoms with van der Waals surface area (Å²) in [7, 11) is 0. The molecule has 3 N–H and O–H groups in total. The highest BCUT2D eigenvalue weighted by atomic mass is 16.5. The molecule has 0 amide bonds. The molecule has 0 saturated carbocycles. The molecule has 0 aromatic carbocycles. The molecule has 94 valence electrons. The molecule has 0 aromatic heterocycles. The van der Waals surface area contributed by atoms with Crippen molar-refractivity contribution >= 4 is 11.9 Å². The standard InChI is InChI=1S/C10H18O6/c1-2-3-4-5-6-16-10(15)8(12)7(11)9(13)14/h7-8,11-12H,2-6H2,1H3,(H,13,14). The van der Waals surface area contributed by atoms with Gasteiger partial charge in [0.25, 0.3) is 0 Å². The largest absolute Gasteiger partial charge is 0.479 e. The summed E-state index contributed by atoms with van der Waals surface area (Å²) in [5.41, 5.74) is 0. The zero-order valence-electron chi connectivity index (χ0n) is 9.26. The molecule has 6 heteroatoms. The highest BCUT2D eigenvalue weighted by Crippen LogP contribution is 2.01. The summed E-state index contributed by atoms with van der Waals surface area (Å²) in [6.45, 7) is 2.17. The van der Waals surface area contributed by atoms with Crippen molar-refractivity contribution in [2.45, 2.75) is 44.8 Å². The van der Waals surface area contributed by atoms with E-state index in [1.54, 1.807) is 0 Å². The normalized spacial score (nSPS) is 14.2. The highest BCUT2D eigenvalue weighted by Gasteiger charge is 2.31. The summed E-state index contributed by atoms with van der Waals surface area (Å²) in [5.74, 6) is -2.76. The number of hydrogen-bond donors (Lipinski definition) is 3. The fourth-order valence-electron chi connectivity index (χ4n) is 1.05. The fraction of sp³-hybridized carbons (Fsp3) is 0.800. The minimum atomic E-state index is -2.14. The molecule has 0 aromatic rings. The van der Waals surface area contributed by atoms with Gasteiger partial charge >= 0.3 is 11.9 Å². The van der Waals surface area contributed by atoms with Gasteiger partial charge in [0.05, 0.1) is 6.61 Å². The summed E-state index contributed by atoms with van der Waals surface area (Å²) in [6.07, 6.45) is -0.519. The van der Waals surface area contributed by atoms with Gasteiger partial charge in [-0.15, -0.1) is 0 Å². The average Bonchev–Trinajstić information content (AvgIpc) is 2.26. The summed E-state index contributed by atoms with van der Waals surface area (Å²) in [6, 6.07) is 0. The number of carboxylic acid groups (broad SMARTS) is 1. The number of ether oxygens (including phenoxy) is 1. The average molecular weight is 234 g/mol. The number of carbonyl (C=O) groups excluding carboxylic acids is 1. The van der Waals surface area contributed by atoms with E-state index < -0.39 is 24.1 Å². The lowest BCUT2D eigenvalue weighted by Crippen LogP contribution is -2.40. The van der Waals surface area contributed by atoms with E-state index in [1.807, 2.05) is 6.92 Å². The van der Waals surface area contributed by atoms with Crippen molar-refractivity contribution in [3.05, 3.63) is 0 Å². The van der Waals surface area contributed by atoms with Crippen molar-refractivity contribution in [2.24, 2.45) is 0 Å². The predicted octanol–water partition coefficient (Wildman–Crippen LogP) is -0.0837. The molecule has 2 unspecified atom stereocenters. The Bertz CT molecular complexity index is 227. The first kappa shape index (κ1) is 14.9. The third-order valence-electron chi connectivity index (χ3n) is 2.04. The minimum absolute atomic E-state index is 0.127. The maximum absolute atomic E-state index is 11.0. The molecule has 16 heavy (non-hydrogen) atoms. The Morgan fingerprint density at radius 1 is 1.12 bits per heavy atom. The molecule has 6 nitrogen and oxygen atoms in total. The maximum Gasteiger partial charge on any atom is 0.338 e. The predicted molar refractivity (Wildman–Crippen MR) is 54.8 cm³/mol. The number of rotatable bonds is 8. The Morgan fingerprint density at radius 3 is 2.25 bits per heavy atom. The fourth-order valence-corrected chi connectivity index (χ4v) is 1.05. The van der Waals surface area contributed by atoms with Crippen molar-refractivity contribution in [2.75, 3.05) is 6.61 Å². The Balaban J connectivity index is 3.75. The van der Waals surface area contributed by atoms with Crippen molar-refractivity contribution in [3.63, 3.8) is 0 Å². The van der Waals surface area contributed by atoms with Crippen LogP contribution in [0, 0.1) is 0 Å². The molecule has 0 rings (SSSR count). The Morgan fingerprint density at radius 2 is 1.75 bits per heavy atom. The lowest BCUT2D eigenvalue weighted by molar-refractivity contribution is -0.169. The number of aliphatic hydroxyl groups is 2. The molecule has 0 aliphatic heterocycles. The van der Waals surface area contributed by atoms with Crippen LogP contribution in [-0.2, 0) is 14.3 Å². The molecule has 0 fully saturated rings. The minimum Gasteiger partial charge on any atom is -0.479 e. The Labute approximate surface area is 93.8 Å². The summed E-state index contributed by atoms with van der Waals surface area (Å²) >= 11 is 0. The Hall–Kier alpha value is -1.14. The highest BCUT2D eigenvalue weighted by molar-refractivity contribution is 5.84. The van der Waals surface area contributed by atoms with Crippen LogP contribution in [0.3, 0.4) is 0 Å². The van der Waals surface area contributed by atoms with Crippen LogP contribution in [0.1, 0.15) is 32.6 Å². The van der Waals surface area contributed by atoms with E-state index >= 15 is 0 Å². The van der Waals surface area contributed by atoms with Crippen LogP contribution in [0.2, 0.25) is 0 Å². The van der Waals surface area contributed by atoms with Gasteiger partial charge in [0, 0.05) is 0 Å². The lowest BCUT2D eigenvalue weighted by atomic mass is 10.2. The van der Waals surface area contributed by atoms with E-state index in [-0.39, 0.29) is 6.61 Å². The van der Waals surface area contributed by atoms with Gasteiger partial charge in [-0.05, 0) is 6.42 Å². The van der Waals surface area contributed by atoms with Crippen LogP contribution < -0.4 is 0 Å². The van der Waals surface area contributed by atoms with Gasteiger partial charge in [-0.3, -0.25) is 0 Å². The van der Waals surface area contributed by atoms with Gasteiger partial charge in [-0.25, -0.2) is 9.59 Å². The first-order valence-corrected chi connectivity index (χ1v) is 5.26. The summed E-state index contributed by atoms with van der Waals surface area (Å²) < 4.78 is 4.61. The number of unbranched alkanes of at least 4 members (excludes halogenated alkanes) is 3. The third-order valence-corrected chi connectivity index (χ3v) is 2.04. The lowest BCUT2D eigenvalue weighted by Gasteiger charge is -2.12. The van der Waals surface area contributed by atoms with Gasteiger partial charge in [0.15, 0.2) is 12.2 Å². The van der Waals surface area contributed by atoms with E-state index in [4.69, 9.17) is 15.3 Å². The second kappa shape index (κ2) is 8.06. The second-order valence-electron chi connectivity index (χ2n) is 3.46. The zero-order valence-corrected chi connectivity index (χ0v) is 9.26. The number of hydrogen-bond acceptors (Lipinski definition) is 5. The van der Waals surface area contributed by atoms with Crippen molar-refractivity contribution in [1.29, 1.82) is 0 Å². The van der Waals surface area contributed by atoms with Crippen LogP contribution in [-0.4, -0.2) is 46.1 Å². The van der Waals surface area contributed by atoms with Gasteiger partial charge in [0.2, 0.25) is 0 Å². The van der Waals surface area contributed by atoms with Gasteiger partial charge < -0.3 is 20.1 Å². The van der Waals surface area contributed by atoms with E-state index in [2.05, 4.69) is 4.74 Å². The second-order valence-corrected chi connectivity index (χ2v) is 3.46. The van der Waals surface area contributed by atoms with E-state index in [0.717, 1.165) is 19.3 Å². The quantitative estimate of drug-likeness (QED) is 0.400. The van der Waals surface area contributed by atoms with Crippen LogP contribution in [0.4, 0.5) is 0 Å². The molecule has 0 bridgehead atoms. The maximum atomic E-state index is 11.0. The smallest absolute Gasteiger partial charge is 0.338 e. The van der Waals surface area contributed by atoms with Crippen molar-refractivity contribution in [1.82, 2.24) is 0 Å². The van der Waals surface area contributed by atoms with E-state index in [1.165, 1.54) is 0 Å². The van der Waals surface area contributed by atoms with Gasteiger partial charge in [-0.2, -0.15) is 0 Å². The number of carboxylic acids is 1. The molecule has 0 radical (unpaired) electrons. The van der Waals surface area contributed by atoms with E-state index in [0.29, 0.717) is 6.42 Å². The van der Waals surface area contributed by atoms with Crippen molar-refractivity contribution < 1.29 is 29.6 Å². The summed E-state index contributed by atoms with van der Waals surface area (Å²) in [4.78, 5) is 21.3. The van der Waals surface area contributed by atoms with E-state index in [9.17, 15) is 9.59 Å². The zero-order chi connectivity index (χ0) is 12.6. The molecular formula is C10H18O6. The number of aliphatic hydroxyl groups excluding tert-OH is 2. The van der Waals surface area contributed by atoms with Gasteiger partial charge in [0.1, 0.15) is 0 Å². The van der Waals surface area contributed by atoms with Crippen LogP contribution in [0.15, 0.2) is 0 Å². The molecule has 0 spiro atoms. The van der Waals surface area contributed by atoms with Crippen LogP contribution in [0.5, 0.6) is 0 Å². The SMILES string of the molecule is CCCCCCOC(=O)C(O)C(O)C(=O)O. The first-order valence-electron chi connectivity index (χ1n) is 5.26. The molecule has 0 saturated heterocycles. The molecular weight excluding hydrogens is 216 g/mol. The molecule has 2 atom stereocenters. The third kappa shape index (κ3) is 5.67. The first-order chi connectivity index (χ1) is 7.50. The Kier molecular flexibility index (Phi) is 7.49. The number of aliphatic carboxylic acids is 1. The van der Waals surface area contributed by atoms with Crippen molar-refractivity contribution in [3.8, 4) is 0 Å².